The van der Waals surface area contributed by atoms with Crippen LogP contribution in [0.5, 0.6) is 0 Å². The molecule has 2 rings (SSSR count). The Balaban J connectivity index is 2.11. The second-order valence-corrected chi connectivity index (χ2v) is 5.27. The van der Waals surface area contributed by atoms with Crippen LogP contribution in [-0.4, -0.2) is 36.2 Å². The summed E-state index contributed by atoms with van der Waals surface area (Å²) in [5, 5.41) is 0. The quantitative estimate of drug-likeness (QED) is 0.834. The molecule has 100 valence electrons. The number of hydrogen-bond donors (Lipinski definition) is 1. The van der Waals surface area contributed by atoms with Crippen molar-refractivity contribution < 1.29 is 13.2 Å². The monoisotopic (exact) mass is 250 g/mol. The van der Waals surface area contributed by atoms with Gasteiger partial charge in [0.15, 0.2) is 0 Å². The van der Waals surface area contributed by atoms with Crippen LogP contribution in [0.25, 0.3) is 0 Å². The van der Waals surface area contributed by atoms with E-state index >= 15 is 0 Å². The third-order valence-electron chi connectivity index (χ3n) is 4.25. The van der Waals surface area contributed by atoms with Gasteiger partial charge in [-0.15, -0.1) is 0 Å². The second kappa shape index (κ2) is 5.14. The number of rotatable bonds is 3. The van der Waals surface area contributed by atoms with Crippen molar-refractivity contribution in [3.05, 3.63) is 0 Å². The van der Waals surface area contributed by atoms with Gasteiger partial charge in [-0.2, -0.15) is 13.2 Å². The van der Waals surface area contributed by atoms with Crippen LogP contribution in [0.2, 0.25) is 0 Å². The number of hydrogen-bond acceptors (Lipinski definition) is 2. The minimum absolute atomic E-state index is 0.0344. The van der Waals surface area contributed by atoms with E-state index in [2.05, 4.69) is 0 Å². The largest absolute Gasteiger partial charge is 0.404 e. The van der Waals surface area contributed by atoms with E-state index in [1.165, 1.54) is 0 Å². The van der Waals surface area contributed by atoms with Crippen LogP contribution in [-0.2, 0) is 0 Å². The molecule has 17 heavy (non-hydrogen) atoms. The smallest absolute Gasteiger partial charge is 0.330 e. The van der Waals surface area contributed by atoms with Crippen molar-refractivity contribution in [2.24, 2.45) is 11.7 Å². The first-order valence-corrected chi connectivity index (χ1v) is 6.56. The molecule has 0 radical (unpaired) electrons. The molecule has 0 aromatic heterocycles. The molecule has 0 aromatic carbocycles. The Labute approximate surface area is 100 Å². The molecule has 5 heteroatoms. The summed E-state index contributed by atoms with van der Waals surface area (Å²) in [6.45, 7) is 0.698. The average Bonchev–Trinajstić information content (AvgIpc) is 2.72. The molecule has 2 fully saturated rings. The first-order chi connectivity index (χ1) is 8.04. The zero-order valence-electron chi connectivity index (χ0n) is 10.0. The first kappa shape index (κ1) is 13.1. The first-order valence-electron chi connectivity index (χ1n) is 6.56. The molecule has 2 aliphatic rings. The van der Waals surface area contributed by atoms with Gasteiger partial charge in [0.1, 0.15) is 6.04 Å². The summed E-state index contributed by atoms with van der Waals surface area (Å²) >= 11 is 0. The number of piperidine rings is 1. The molecule has 1 heterocycles. The van der Waals surface area contributed by atoms with Gasteiger partial charge in [0, 0.05) is 6.04 Å². The molecule has 1 saturated heterocycles. The molecule has 0 aromatic rings. The number of nitrogens with two attached hydrogens (primary N) is 1. The van der Waals surface area contributed by atoms with Gasteiger partial charge in [-0.05, 0) is 51.1 Å². The molecule has 0 spiro atoms. The maximum atomic E-state index is 13.1. The molecule has 1 saturated carbocycles. The van der Waals surface area contributed by atoms with Crippen LogP contribution < -0.4 is 5.73 Å². The Morgan fingerprint density at radius 1 is 1.18 bits per heavy atom. The lowest BCUT2D eigenvalue weighted by molar-refractivity contribution is -0.196. The summed E-state index contributed by atoms with van der Waals surface area (Å²) < 4.78 is 39.2. The number of halogens is 3. The van der Waals surface area contributed by atoms with Crippen LogP contribution in [0, 0.1) is 5.92 Å². The maximum absolute atomic E-state index is 13.1. The van der Waals surface area contributed by atoms with E-state index in [1.807, 2.05) is 0 Å². The highest BCUT2D eigenvalue weighted by atomic mass is 19.4. The van der Waals surface area contributed by atoms with Gasteiger partial charge in [0.25, 0.3) is 0 Å². The Morgan fingerprint density at radius 3 is 2.53 bits per heavy atom. The van der Waals surface area contributed by atoms with Crippen LogP contribution in [0.1, 0.15) is 38.5 Å². The molecule has 0 amide bonds. The Bertz CT molecular complexity index is 255. The fourth-order valence-electron chi connectivity index (χ4n) is 3.55. The maximum Gasteiger partial charge on any atom is 0.404 e. The zero-order valence-corrected chi connectivity index (χ0v) is 10.0. The summed E-state index contributed by atoms with van der Waals surface area (Å²) in [4.78, 5) is 1.70. The summed E-state index contributed by atoms with van der Waals surface area (Å²) in [5.74, 6) is 0.492. The molecular formula is C12H21F3N2. The third kappa shape index (κ3) is 2.76. The highest BCUT2D eigenvalue weighted by molar-refractivity contribution is 4.94. The normalized spacial score (nSPS) is 32.5. The predicted molar refractivity (Wildman–Crippen MR) is 60.6 cm³/mol. The van der Waals surface area contributed by atoms with E-state index in [4.69, 9.17) is 5.73 Å². The van der Waals surface area contributed by atoms with Crippen LogP contribution in [0.15, 0.2) is 0 Å². The highest BCUT2D eigenvalue weighted by Crippen LogP contribution is 2.41. The Morgan fingerprint density at radius 2 is 1.88 bits per heavy atom. The van der Waals surface area contributed by atoms with E-state index in [0.29, 0.717) is 12.5 Å². The van der Waals surface area contributed by atoms with Crippen molar-refractivity contribution in [3.63, 3.8) is 0 Å². The van der Waals surface area contributed by atoms with Gasteiger partial charge in [0.05, 0.1) is 0 Å². The van der Waals surface area contributed by atoms with Gasteiger partial charge in [-0.25, -0.2) is 0 Å². The SMILES string of the molecule is NCCC(N1CCCC2CCCC21)C(F)(F)F. The van der Waals surface area contributed by atoms with E-state index in [9.17, 15) is 13.2 Å². The van der Waals surface area contributed by atoms with Crippen molar-refractivity contribution in [3.8, 4) is 0 Å². The Hall–Kier alpha value is -0.290. The Kier molecular flexibility index (Phi) is 3.98. The molecule has 0 bridgehead atoms. The van der Waals surface area contributed by atoms with Crippen molar-refractivity contribution in [1.29, 1.82) is 0 Å². The van der Waals surface area contributed by atoms with Crippen molar-refractivity contribution >= 4 is 0 Å². The highest BCUT2D eigenvalue weighted by Gasteiger charge is 2.48. The number of fused-ring (bicyclic) bond motifs is 1. The van der Waals surface area contributed by atoms with Gasteiger partial charge < -0.3 is 5.73 Å². The number of alkyl halides is 3. The van der Waals surface area contributed by atoms with E-state index in [0.717, 1.165) is 32.1 Å². The fourth-order valence-corrected chi connectivity index (χ4v) is 3.55. The lowest BCUT2D eigenvalue weighted by Gasteiger charge is -2.43. The molecule has 1 aliphatic heterocycles. The summed E-state index contributed by atoms with van der Waals surface area (Å²) in [7, 11) is 0. The molecule has 3 atom stereocenters. The van der Waals surface area contributed by atoms with Crippen molar-refractivity contribution in [2.45, 2.75) is 56.8 Å². The lowest BCUT2D eigenvalue weighted by Crippen LogP contribution is -2.54. The molecule has 3 unspecified atom stereocenters. The van der Waals surface area contributed by atoms with Crippen LogP contribution in [0.3, 0.4) is 0 Å². The van der Waals surface area contributed by atoms with Gasteiger partial charge >= 0.3 is 6.18 Å². The molecule has 2 nitrogen and oxygen atoms in total. The lowest BCUT2D eigenvalue weighted by atomic mass is 9.90. The zero-order chi connectivity index (χ0) is 12.5. The standard InChI is InChI=1S/C12H21F3N2/c13-12(14,15)11(6-7-16)17-8-2-4-9-3-1-5-10(9)17/h9-11H,1-8,16H2. The van der Waals surface area contributed by atoms with Crippen molar-refractivity contribution in [1.82, 2.24) is 4.90 Å². The summed E-state index contributed by atoms with van der Waals surface area (Å²) in [5.41, 5.74) is 5.34. The van der Waals surface area contributed by atoms with Gasteiger partial charge in [-0.3, -0.25) is 4.90 Å². The molecule has 1 aliphatic carbocycles. The molecule has 2 N–H and O–H groups in total. The van der Waals surface area contributed by atoms with E-state index in [1.54, 1.807) is 4.90 Å². The summed E-state index contributed by atoms with van der Waals surface area (Å²) in [6, 6.07) is -1.17. The van der Waals surface area contributed by atoms with Crippen LogP contribution >= 0.6 is 0 Å². The third-order valence-corrected chi connectivity index (χ3v) is 4.25. The number of likely N-dealkylation sites (tertiary alicyclic amines) is 1. The number of nitrogens with zero attached hydrogens (tertiary/aromatic N) is 1. The minimum atomic E-state index is -4.14. The second-order valence-electron chi connectivity index (χ2n) is 5.27. The average molecular weight is 250 g/mol. The van der Waals surface area contributed by atoms with Gasteiger partial charge in [0.2, 0.25) is 0 Å². The predicted octanol–water partition coefficient (Wildman–Crippen LogP) is 2.53. The van der Waals surface area contributed by atoms with Crippen LogP contribution in [0.4, 0.5) is 13.2 Å². The topological polar surface area (TPSA) is 29.3 Å². The van der Waals surface area contributed by atoms with E-state index in [-0.39, 0.29) is 19.0 Å². The van der Waals surface area contributed by atoms with Gasteiger partial charge in [-0.1, -0.05) is 6.42 Å². The van der Waals surface area contributed by atoms with E-state index < -0.39 is 12.2 Å². The summed E-state index contributed by atoms with van der Waals surface area (Å²) in [6.07, 6.45) is 1.03. The minimum Gasteiger partial charge on any atom is -0.330 e. The van der Waals surface area contributed by atoms with Crippen molar-refractivity contribution in [2.75, 3.05) is 13.1 Å². The molecular weight excluding hydrogens is 229 g/mol. The fraction of sp³-hybridized carbons (Fsp3) is 1.00.